The minimum absolute atomic E-state index is 0.0735. The van der Waals surface area contributed by atoms with Crippen LogP contribution < -0.4 is 10.2 Å². The summed E-state index contributed by atoms with van der Waals surface area (Å²) < 4.78 is 23.4. The average Bonchev–Trinajstić information content (AvgIpc) is 2.94. The van der Waals surface area contributed by atoms with Gasteiger partial charge in [0.15, 0.2) is 15.7 Å². The van der Waals surface area contributed by atoms with Gasteiger partial charge in [-0.3, -0.25) is 0 Å². The van der Waals surface area contributed by atoms with E-state index in [2.05, 4.69) is 53.4 Å². The van der Waals surface area contributed by atoms with Crippen LogP contribution in [0.2, 0.25) is 0 Å². The summed E-state index contributed by atoms with van der Waals surface area (Å²) in [5, 5.41) is 11.2. The smallest absolute Gasteiger partial charge is 0.249 e. The molecule has 0 amide bonds. The Labute approximate surface area is 154 Å². The number of nitrogens with zero attached hydrogens (tertiary/aromatic N) is 4. The van der Waals surface area contributed by atoms with Crippen molar-refractivity contribution in [2.45, 2.75) is 38.6 Å². The molecule has 1 aliphatic rings. The average molecular weight is 375 g/mol. The third kappa shape index (κ3) is 4.30. The molecule has 3 rings (SSSR count). The number of rotatable bonds is 4. The van der Waals surface area contributed by atoms with Crippen LogP contribution in [0.4, 0.5) is 17.5 Å². The molecule has 2 heterocycles. The maximum Gasteiger partial charge on any atom is 0.249 e. The minimum atomic E-state index is -2.94. The molecule has 0 spiro atoms. The number of anilines is 3. The van der Waals surface area contributed by atoms with Gasteiger partial charge >= 0.3 is 0 Å². The number of aromatic nitrogens is 3. The number of hydrogen-bond donors (Lipinski definition) is 1. The maximum absolute atomic E-state index is 11.7. The molecular formula is C18H25N5O2S. The zero-order chi connectivity index (χ0) is 18.9. The quantitative estimate of drug-likeness (QED) is 0.878. The molecule has 1 aromatic heterocycles. The zero-order valence-electron chi connectivity index (χ0n) is 15.6. The van der Waals surface area contributed by atoms with Gasteiger partial charge in [-0.05, 0) is 29.5 Å². The Morgan fingerprint density at radius 2 is 1.88 bits per heavy atom. The highest BCUT2D eigenvalue weighted by molar-refractivity contribution is 7.91. The summed E-state index contributed by atoms with van der Waals surface area (Å²) in [4.78, 5) is 6.35. The van der Waals surface area contributed by atoms with Gasteiger partial charge in [-0.2, -0.15) is 10.1 Å². The van der Waals surface area contributed by atoms with Crippen LogP contribution in [0.1, 0.15) is 32.8 Å². The van der Waals surface area contributed by atoms with E-state index in [4.69, 9.17) is 0 Å². The second-order valence-electron chi connectivity index (χ2n) is 7.76. The molecule has 26 heavy (non-hydrogen) atoms. The van der Waals surface area contributed by atoms with Crippen LogP contribution in [-0.2, 0) is 15.3 Å². The Balaban J connectivity index is 1.73. The Morgan fingerprint density at radius 3 is 2.46 bits per heavy atom. The predicted molar refractivity (Wildman–Crippen MR) is 104 cm³/mol. The molecule has 1 atom stereocenters. The standard InChI is InChI=1S/C18H25N5O2S/c1-18(2,3)13-5-7-14(8-6-13)20-17-21-16(11-19-22-17)23(4)15-9-10-26(24,25)12-15/h5-8,11,15H,9-10,12H2,1-4H3,(H,20,21,22). The summed E-state index contributed by atoms with van der Waals surface area (Å²) in [7, 11) is -1.10. The fourth-order valence-electron chi connectivity index (χ4n) is 2.97. The van der Waals surface area contributed by atoms with Gasteiger partial charge in [-0.15, -0.1) is 5.10 Å². The van der Waals surface area contributed by atoms with Gasteiger partial charge in [0.25, 0.3) is 0 Å². The van der Waals surface area contributed by atoms with Gasteiger partial charge in [0.1, 0.15) is 0 Å². The first-order valence-electron chi connectivity index (χ1n) is 8.65. The summed E-state index contributed by atoms with van der Waals surface area (Å²) >= 11 is 0. The molecule has 1 N–H and O–H groups in total. The van der Waals surface area contributed by atoms with Crippen molar-refractivity contribution < 1.29 is 8.42 Å². The van der Waals surface area contributed by atoms with Crippen LogP contribution in [0.5, 0.6) is 0 Å². The highest BCUT2D eigenvalue weighted by Crippen LogP contribution is 2.25. The molecule has 1 unspecified atom stereocenters. The van der Waals surface area contributed by atoms with E-state index < -0.39 is 9.84 Å². The first-order valence-corrected chi connectivity index (χ1v) is 10.5. The number of hydrogen-bond acceptors (Lipinski definition) is 7. The van der Waals surface area contributed by atoms with Crippen molar-refractivity contribution in [3.05, 3.63) is 36.0 Å². The van der Waals surface area contributed by atoms with Gasteiger partial charge in [-0.25, -0.2) is 8.42 Å². The Bertz CT molecular complexity index is 875. The van der Waals surface area contributed by atoms with Crippen molar-refractivity contribution in [2.75, 3.05) is 28.8 Å². The van der Waals surface area contributed by atoms with Crippen molar-refractivity contribution in [3.63, 3.8) is 0 Å². The van der Waals surface area contributed by atoms with Crippen molar-refractivity contribution in [2.24, 2.45) is 0 Å². The number of benzene rings is 1. The zero-order valence-corrected chi connectivity index (χ0v) is 16.4. The molecule has 7 nitrogen and oxygen atoms in total. The summed E-state index contributed by atoms with van der Waals surface area (Å²) in [6, 6.07) is 8.06. The Kier molecular flexibility index (Phi) is 4.88. The molecule has 1 saturated heterocycles. The van der Waals surface area contributed by atoms with E-state index in [1.807, 2.05) is 24.1 Å². The van der Waals surface area contributed by atoms with E-state index >= 15 is 0 Å². The van der Waals surface area contributed by atoms with Crippen LogP contribution in [-0.4, -0.2) is 48.2 Å². The van der Waals surface area contributed by atoms with Crippen LogP contribution in [0, 0.1) is 0 Å². The number of nitrogens with one attached hydrogen (secondary N) is 1. The molecule has 0 radical (unpaired) electrons. The highest BCUT2D eigenvalue weighted by Gasteiger charge is 2.31. The van der Waals surface area contributed by atoms with Crippen LogP contribution in [0.25, 0.3) is 0 Å². The molecule has 1 aliphatic heterocycles. The van der Waals surface area contributed by atoms with Crippen molar-refractivity contribution >= 4 is 27.3 Å². The molecule has 140 valence electrons. The summed E-state index contributed by atoms with van der Waals surface area (Å²) in [6.07, 6.45) is 2.17. The molecule has 0 bridgehead atoms. The molecule has 8 heteroatoms. The van der Waals surface area contributed by atoms with Gasteiger partial charge in [0.05, 0.1) is 17.7 Å². The lowest BCUT2D eigenvalue weighted by atomic mass is 9.87. The van der Waals surface area contributed by atoms with E-state index in [1.165, 1.54) is 5.56 Å². The van der Waals surface area contributed by atoms with Crippen molar-refractivity contribution in [1.29, 1.82) is 0 Å². The van der Waals surface area contributed by atoms with Crippen molar-refractivity contribution in [3.8, 4) is 0 Å². The van der Waals surface area contributed by atoms with E-state index in [0.717, 1.165) is 5.69 Å². The molecular weight excluding hydrogens is 350 g/mol. The monoisotopic (exact) mass is 375 g/mol. The molecule has 2 aromatic rings. The van der Waals surface area contributed by atoms with E-state index in [1.54, 1.807) is 6.20 Å². The van der Waals surface area contributed by atoms with E-state index in [9.17, 15) is 8.42 Å². The van der Waals surface area contributed by atoms with Crippen LogP contribution >= 0.6 is 0 Å². The molecule has 1 fully saturated rings. The second kappa shape index (κ2) is 6.83. The fourth-order valence-corrected chi connectivity index (χ4v) is 4.74. The van der Waals surface area contributed by atoms with Gasteiger partial charge in [0.2, 0.25) is 5.95 Å². The highest BCUT2D eigenvalue weighted by atomic mass is 32.2. The van der Waals surface area contributed by atoms with Crippen LogP contribution in [0.3, 0.4) is 0 Å². The van der Waals surface area contributed by atoms with E-state index in [0.29, 0.717) is 18.2 Å². The number of sulfone groups is 1. The lowest BCUT2D eigenvalue weighted by Gasteiger charge is -2.24. The van der Waals surface area contributed by atoms with Gasteiger partial charge in [-0.1, -0.05) is 32.9 Å². The van der Waals surface area contributed by atoms with Gasteiger partial charge < -0.3 is 10.2 Å². The Hall–Kier alpha value is -2.22. The van der Waals surface area contributed by atoms with Crippen molar-refractivity contribution in [1.82, 2.24) is 15.2 Å². The maximum atomic E-state index is 11.7. The van der Waals surface area contributed by atoms with Crippen LogP contribution in [0.15, 0.2) is 30.5 Å². The second-order valence-corrected chi connectivity index (χ2v) is 9.99. The minimum Gasteiger partial charge on any atom is -0.354 e. The lowest BCUT2D eigenvalue weighted by Crippen LogP contribution is -2.33. The molecule has 0 saturated carbocycles. The Morgan fingerprint density at radius 1 is 1.19 bits per heavy atom. The third-order valence-corrected chi connectivity index (χ3v) is 6.42. The predicted octanol–water partition coefficient (Wildman–Crippen LogP) is 2.54. The summed E-state index contributed by atoms with van der Waals surface area (Å²) in [5.41, 5.74) is 2.22. The normalized spacial score (nSPS) is 19.3. The van der Waals surface area contributed by atoms with Gasteiger partial charge in [0, 0.05) is 18.8 Å². The fraction of sp³-hybridized carbons (Fsp3) is 0.500. The first-order chi connectivity index (χ1) is 12.1. The van der Waals surface area contributed by atoms with E-state index in [-0.39, 0.29) is 23.0 Å². The topological polar surface area (TPSA) is 88.1 Å². The summed E-state index contributed by atoms with van der Waals surface area (Å²) in [5.74, 6) is 1.38. The third-order valence-electron chi connectivity index (χ3n) is 4.67. The summed E-state index contributed by atoms with van der Waals surface area (Å²) in [6.45, 7) is 6.51. The first kappa shape index (κ1) is 18.6. The SMILES string of the molecule is CN(c1cnnc(Nc2ccc(C(C)(C)C)cc2)n1)C1CCS(=O)(=O)C1. The molecule has 0 aliphatic carbocycles. The lowest BCUT2D eigenvalue weighted by molar-refractivity contribution is 0.590. The molecule has 1 aromatic carbocycles. The largest absolute Gasteiger partial charge is 0.354 e.